The molecule has 0 aromatic heterocycles. The fourth-order valence-corrected chi connectivity index (χ4v) is 2.57. The van der Waals surface area contributed by atoms with E-state index in [-0.39, 0.29) is 0 Å². The van der Waals surface area contributed by atoms with Crippen molar-refractivity contribution >= 4 is 17.2 Å². The summed E-state index contributed by atoms with van der Waals surface area (Å²) in [6, 6.07) is 6.29. The first-order valence-electron chi connectivity index (χ1n) is 6.58. The van der Waals surface area contributed by atoms with Crippen LogP contribution in [-0.4, -0.2) is 55.4 Å². The van der Waals surface area contributed by atoms with Gasteiger partial charge in [0.05, 0.1) is 17.9 Å². The fourth-order valence-electron chi connectivity index (χ4n) is 2.57. The minimum Gasteiger partial charge on any atom is -0.376 e. The number of benzene rings is 1. The predicted octanol–water partition coefficient (Wildman–Crippen LogP) is 1.70. The molecule has 4 heteroatoms. The van der Waals surface area contributed by atoms with Crippen LogP contribution in [0.25, 0.3) is 0 Å². The van der Waals surface area contributed by atoms with Gasteiger partial charge in [-0.3, -0.25) is 0 Å². The number of hydrogen-bond acceptors (Lipinski definition) is 4. The number of piperazine rings is 1. The quantitative estimate of drug-likeness (QED) is 0.753. The van der Waals surface area contributed by atoms with E-state index in [4.69, 9.17) is 4.99 Å². The number of nitrogens with zero attached hydrogens (tertiary/aromatic N) is 3. The summed E-state index contributed by atoms with van der Waals surface area (Å²) in [6.45, 7) is 7.39. The van der Waals surface area contributed by atoms with Crippen LogP contribution in [0.3, 0.4) is 0 Å². The van der Waals surface area contributed by atoms with Crippen molar-refractivity contribution in [2.24, 2.45) is 4.99 Å². The molecule has 1 saturated heterocycles. The van der Waals surface area contributed by atoms with Crippen molar-refractivity contribution in [2.45, 2.75) is 6.92 Å². The zero-order valence-corrected chi connectivity index (χ0v) is 11.1. The standard InChI is InChI=1S/C14H20N4/c1-11-4-3-5-12-14(11)15-10-13(16-12)18-8-6-17(2)7-9-18/h3-5,15H,6-10H2,1-2H3. The van der Waals surface area contributed by atoms with Crippen LogP contribution in [0, 0.1) is 6.92 Å². The SMILES string of the molecule is Cc1cccc2c1NCC(N1CCN(C)CC1)=N2. The molecule has 1 N–H and O–H groups in total. The smallest absolute Gasteiger partial charge is 0.124 e. The van der Waals surface area contributed by atoms with Crippen LogP contribution in [0.2, 0.25) is 0 Å². The lowest BCUT2D eigenvalue weighted by Gasteiger charge is -2.36. The molecule has 0 unspecified atom stereocenters. The third-order valence-corrected chi connectivity index (χ3v) is 3.79. The van der Waals surface area contributed by atoms with Gasteiger partial charge in [0.15, 0.2) is 0 Å². The number of anilines is 1. The number of likely N-dealkylation sites (N-methyl/N-ethyl adjacent to an activating group) is 1. The van der Waals surface area contributed by atoms with Crippen molar-refractivity contribution < 1.29 is 0 Å². The van der Waals surface area contributed by atoms with Gasteiger partial charge in [0.1, 0.15) is 5.84 Å². The van der Waals surface area contributed by atoms with Gasteiger partial charge in [0.2, 0.25) is 0 Å². The number of aliphatic imine (C=N–C) groups is 1. The van der Waals surface area contributed by atoms with Crippen molar-refractivity contribution in [1.29, 1.82) is 0 Å². The molecule has 3 rings (SSSR count). The molecule has 0 saturated carbocycles. The number of fused-ring (bicyclic) bond motifs is 1. The Morgan fingerprint density at radius 2 is 1.94 bits per heavy atom. The molecule has 2 heterocycles. The largest absolute Gasteiger partial charge is 0.376 e. The van der Waals surface area contributed by atoms with Gasteiger partial charge < -0.3 is 15.1 Å². The molecular weight excluding hydrogens is 224 g/mol. The van der Waals surface area contributed by atoms with Crippen LogP contribution >= 0.6 is 0 Å². The first kappa shape index (κ1) is 11.5. The van der Waals surface area contributed by atoms with E-state index in [0.29, 0.717) is 0 Å². The lowest BCUT2D eigenvalue weighted by Crippen LogP contribution is -2.49. The summed E-state index contributed by atoms with van der Waals surface area (Å²) < 4.78 is 0. The topological polar surface area (TPSA) is 30.9 Å². The van der Waals surface area contributed by atoms with E-state index < -0.39 is 0 Å². The van der Waals surface area contributed by atoms with Crippen molar-refractivity contribution in [3.05, 3.63) is 23.8 Å². The molecule has 1 aromatic rings. The number of para-hydroxylation sites is 1. The van der Waals surface area contributed by atoms with Crippen LogP contribution in [-0.2, 0) is 0 Å². The summed E-state index contributed by atoms with van der Waals surface area (Å²) >= 11 is 0. The molecule has 96 valence electrons. The molecule has 1 aromatic carbocycles. The molecule has 0 radical (unpaired) electrons. The van der Waals surface area contributed by atoms with E-state index in [0.717, 1.165) is 38.4 Å². The summed E-state index contributed by atoms with van der Waals surface area (Å²) in [6.07, 6.45) is 0. The molecule has 0 bridgehead atoms. The molecule has 1 fully saturated rings. The fraction of sp³-hybridized carbons (Fsp3) is 0.500. The van der Waals surface area contributed by atoms with Gasteiger partial charge in [-0.05, 0) is 25.6 Å². The summed E-state index contributed by atoms with van der Waals surface area (Å²) in [4.78, 5) is 9.58. The van der Waals surface area contributed by atoms with Crippen LogP contribution in [0.5, 0.6) is 0 Å². The van der Waals surface area contributed by atoms with Gasteiger partial charge >= 0.3 is 0 Å². The average Bonchev–Trinajstić information content (AvgIpc) is 2.39. The van der Waals surface area contributed by atoms with Crippen molar-refractivity contribution in [3.63, 3.8) is 0 Å². The summed E-state index contributed by atoms with van der Waals surface area (Å²) in [7, 11) is 2.18. The van der Waals surface area contributed by atoms with Crippen molar-refractivity contribution in [2.75, 3.05) is 45.1 Å². The molecule has 4 nitrogen and oxygen atoms in total. The highest BCUT2D eigenvalue weighted by molar-refractivity contribution is 5.94. The van der Waals surface area contributed by atoms with Crippen LogP contribution in [0.4, 0.5) is 11.4 Å². The van der Waals surface area contributed by atoms with Crippen molar-refractivity contribution in [1.82, 2.24) is 9.80 Å². The maximum atomic E-state index is 4.82. The van der Waals surface area contributed by atoms with E-state index in [1.54, 1.807) is 0 Å². The number of nitrogens with one attached hydrogen (secondary N) is 1. The zero-order valence-electron chi connectivity index (χ0n) is 11.1. The molecule has 18 heavy (non-hydrogen) atoms. The zero-order chi connectivity index (χ0) is 12.5. The second-order valence-corrected chi connectivity index (χ2v) is 5.14. The molecule has 0 atom stereocenters. The van der Waals surface area contributed by atoms with Crippen LogP contribution < -0.4 is 5.32 Å². The second-order valence-electron chi connectivity index (χ2n) is 5.14. The van der Waals surface area contributed by atoms with Gasteiger partial charge in [-0.25, -0.2) is 4.99 Å². The Morgan fingerprint density at radius 3 is 2.72 bits per heavy atom. The van der Waals surface area contributed by atoms with Gasteiger partial charge in [0.25, 0.3) is 0 Å². The third-order valence-electron chi connectivity index (χ3n) is 3.79. The Kier molecular flexibility index (Phi) is 2.96. The minimum absolute atomic E-state index is 0.849. The van der Waals surface area contributed by atoms with Crippen LogP contribution in [0.15, 0.2) is 23.2 Å². The van der Waals surface area contributed by atoms with E-state index in [1.807, 2.05) is 0 Å². The lowest BCUT2D eigenvalue weighted by molar-refractivity contribution is 0.214. The van der Waals surface area contributed by atoms with Gasteiger partial charge in [-0.1, -0.05) is 12.1 Å². The number of hydrogen-bond donors (Lipinski definition) is 1. The van der Waals surface area contributed by atoms with Gasteiger partial charge in [-0.2, -0.15) is 0 Å². The number of amidine groups is 1. The first-order valence-corrected chi connectivity index (χ1v) is 6.58. The summed E-state index contributed by atoms with van der Waals surface area (Å²) in [5.74, 6) is 1.18. The van der Waals surface area contributed by atoms with Crippen LogP contribution in [0.1, 0.15) is 5.56 Å². The van der Waals surface area contributed by atoms with E-state index in [1.165, 1.54) is 17.1 Å². The normalized spacial score (nSPS) is 20.1. The molecule has 2 aliphatic heterocycles. The van der Waals surface area contributed by atoms with Gasteiger partial charge in [-0.15, -0.1) is 0 Å². The highest BCUT2D eigenvalue weighted by Crippen LogP contribution is 2.31. The first-order chi connectivity index (χ1) is 8.74. The van der Waals surface area contributed by atoms with E-state index in [2.05, 4.69) is 47.3 Å². The molecule has 0 amide bonds. The third kappa shape index (κ3) is 2.08. The Balaban J connectivity index is 1.83. The molecule has 2 aliphatic rings. The minimum atomic E-state index is 0.849. The summed E-state index contributed by atoms with van der Waals surface area (Å²) in [5, 5.41) is 3.50. The van der Waals surface area contributed by atoms with E-state index >= 15 is 0 Å². The molecule has 0 spiro atoms. The monoisotopic (exact) mass is 244 g/mol. The highest BCUT2D eigenvalue weighted by atomic mass is 15.3. The highest BCUT2D eigenvalue weighted by Gasteiger charge is 2.20. The van der Waals surface area contributed by atoms with Crippen molar-refractivity contribution in [3.8, 4) is 0 Å². The average molecular weight is 244 g/mol. The Labute approximate surface area is 108 Å². The molecule has 0 aliphatic carbocycles. The molecular formula is C14H20N4. The number of rotatable bonds is 0. The predicted molar refractivity (Wildman–Crippen MR) is 75.8 cm³/mol. The maximum absolute atomic E-state index is 4.82. The van der Waals surface area contributed by atoms with E-state index in [9.17, 15) is 0 Å². The Bertz CT molecular complexity index is 473. The second kappa shape index (κ2) is 4.61. The summed E-state index contributed by atoms with van der Waals surface area (Å²) in [5.41, 5.74) is 3.54. The lowest BCUT2D eigenvalue weighted by atomic mass is 10.1. The number of aryl methyl sites for hydroxylation is 1. The Morgan fingerprint density at radius 1 is 1.17 bits per heavy atom. The Hall–Kier alpha value is -1.55. The maximum Gasteiger partial charge on any atom is 0.124 e. The van der Waals surface area contributed by atoms with Gasteiger partial charge in [0, 0.05) is 26.2 Å².